The third-order valence-corrected chi connectivity index (χ3v) is 2.45. The van der Waals surface area contributed by atoms with Crippen LogP contribution < -0.4 is 0 Å². The number of rotatable bonds is 2. The maximum atomic E-state index is 10.1. The lowest BCUT2D eigenvalue weighted by atomic mass is 10.3. The van der Waals surface area contributed by atoms with Gasteiger partial charge in [0.1, 0.15) is 10.6 Å². The van der Waals surface area contributed by atoms with E-state index in [9.17, 15) is 4.79 Å². The Kier molecular flexibility index (Phi) is 4.90. The van der Waals surface area contributed by atoms with Crippen LogP contribution in [0.3, 0.4) is 0 Å². The summed E-state index contributed by atoms with van der Waals surface area (Å²) in [4.78, 5) is 10.5. The molecule has 0 unspecified atom stereocenters. The zero-order valence-corrected chi connectivity index (χ0v) is 9.24. The van der Waals surface area contributed by atoms with Crippen molar-refractivity contribution in [3.05, 3.63) is 46.5 Å². The van der Waals surface area contributed by atoms with E-state index in [0.29, 0.717) is 11.3 Å². The van der Waals surface area contributed by atoms with Crippen LogP contribution in [0, 0.1) is 12.3 Å². The van der Waals surface area contributed by atoms with Gasteiger partial charge in [-0.15, -0.1) is 17.8 Å². The van der Waals surface area contributed by atoms with Gasteiger partial charge in [0.25, 0.3) is 0 Å². The highest BCUT2D eigenvalue weighted by Crippen LogP contribution is 2.06. The number of carboxylic acid groups (broad SMARTS) is 1. The average molecular weight is 234 g/mol. The van der Waals surface area contributed by atoms with E-state index in [2.05, 4.69) is 5.92 Å². The van der Waals surface area contributed by atoms with Gasteiger partial charge in [-0.05, 0) is 23.6 Å². The quantitative estimate of drug-likeness (QED) is 0.813. The summed E-state index contributed by atoms with van der Waals surface area (Å²) in [6, 6.07) is 6.98. The molecule has 1 N–H and O–H groups in total. The monoisotopic (exact) mass is 234 g/mol. The number of furan rings is 1. The average Bonchev–Trinajstić information content (AvgIpc) is 2.91. The molecule has 0 fully saturated rings. The molecule has 0 aliphatic rings. The second kappa shape index (κ2) is 6.49. The largest absolute Gasteiger partial charge is 0.477 e. The van der Waals surface area contributed by atoms with Gasteiger partial charge in [0.05, 0.1) is 12.7 Å². The van der Waals surface area contributed by atoms with Gasteiger partial charge in [0, 0.05) is 0 Å². The smallest absolute Gasteiger partial charge is 0.345 e. The molecule has 0 aromatic carbocycles. The molecular weight excluding hydrogens is 224 g/mol. The molecule has 16 heavy (non-hydrogen) atoms. The zero-order valence-electron chi connectivity index (χ0n) is 8.42. The second-order valence-corrected chi connectivity index (χ2v) is 3.69. The fourth-order valence-electron chi connectivity index (χ4n) is 0.914. The van der Waals surface area contributed by atoms with Gasteiger partial charge in [-0.1, -0.05) is 12.0 Å². The van der Waals surface area contributed by atoms with Crippen LogP contribution in [0.5, 0.6) is 0 Å². The molecule has 4 heteroatoms. The number of thiophene rings is 1. The summed E-state index contributed by atoms with van der Waals surface area (Å²) >= 11 is 1.23. The summed E-state index contributed by atoms with van der Waals surface area (Å²) in [5, 5.41) is 10.0. The maximum Gasteiger partial charge on any atom is 0.345 e. The third-order valence-electron chi connectivity index (χ3n) is 1.59. The molecule has 3 nitrogen and oxygen atoms in total. The van der Waals surface area contributed by atoms with E-state index < -0.39 is 5.97 Å². The molecule has 0 atom stereocenters. The van der Waals surface area contributed by atoms with Gasteiger partial charge >= 0.3 is 5.97 Å². The molecule has 0 aliphatic heterocycles. The molecular formula is C12H10O3S. The van der Waals surface area contributed by atoms with E-state index in [4.69, 9.17) is 15.9 Å². The van der Waals surface area contributed by atoms with Crippen molar-refractivity contribution < 1.29 is 14.3 Å². The highest BCUT2D eigenvalue weighted by molar-refractivity contribution is 7.11. The molecule has 2 aromatic rings. The number of hydrogen-bond acceptors (Lipinski definition) is 3. The number of aromatic carboxylic acids is 1. The van der Waals surface area contributed by atoms with Gasteiger partial charge in [-0.3, -0.25) is 0 Å². The molecule has 0 radical (unpaired) electrons. The lowest BCUT2D eigenvalue weighted by Crippen LogP contribution is -1.89. The Morgan fingerprint density at radius 3 is 2.69 bits per heavy atom. The van der Waals surface area contributed by atoms with Gasteiger partial charge in [0.2, 0.25) is 0 Å². The summed E-state index contributed by atoms with van der Waals surface area (Å²) in [6.07, 6.45) is 7.22. The van der Waals surface area contributed by atoms with Crippen LogP contribution in [-0.2, 0) is 6.42 Å². The fraction of sp³-hybridized carbons (Fsp3) is 0.0833. The third kappa shape index (κ3) is 4.03. The topological polar surface area (TPSA) is 50.4 Å². The molecule has 0 saturated carbocycles. The molecule has 2 heterocycles. The summed E-state index contributed by atoms with van der Waals surface area (Å²) in [7, 11) is 0. The van der Waals surface area contributed by atoms with Crippen molar-refractivity contribution in [2.24, 2.45) is 0 Å². The molecule has 0 amide bonds. The van der Waals surface area contributed by atoms with E-state index in [1.807, 2.05) is 12.1 Å². The highest BCUT2D eigenvalue weighted by atomic mass is 32.1. The van der Waals surface area contributed by atoms with Gasteiger partial charge in [-0.25, -0.2) is 4.79 Å². The predicted molar refractivity (Wildman–Crippen MR) is 62.5 cm³/mol. The summed E-state index contributed by atoms with van der Waals surface area (Å²) in [5.41, 5.74) is 0. The number of carboxylic acids is 1. The van der Waals surface area contributed by atoms with E-state index in [1.54, 1.807) is 23.8 Å². The minimum absolute atomic E-state index is 0.394. The summed E-state index contributed by atoms with van der Waals surface area (Å²) in [5.74, 6) is 2.48. The van der Waals surface area contributed by atoms with E-state index in [1.165, 1.54) is 11.3 Å². The van der Waals surface area contributed by atoms with Crippen LogP contribution in [0.15, 0.2) is 40.3 Å². The van der Waals surface area contributed by atoms with Crippen molar-refractivity contribution in [3.8, 4) is 12.3 Å². The molecule has 0 saturated heterocycles. The first-order chi connectivity index (χ1) is 7.74. The lowest BCUT2D eigenvalue weighted by molar-refractivity contribution is 0.0702. The van der Waals surface area contributed by atoms with Crippen molar-refractivity contribution in [1.82, 2.24) is 0 Å². The van der Waals surface area contributed by atoms with Crippen molar-refractivity contribution >= 4 is 17.3 Å². The first-order valence-corrected chi connectivity index (χ1v) is 5.34. The van der Waals surface area contributed by atoms with E-state index >= 15 is 0 Å². The predicted octanol–water partition coefficient (Wildman–Crippen LogP) is 2.90. The first-order valence-electron chi connectivity index (χ1n) is 4.46. The van der Waals surface area contributed by atoms with Crippen LogP contribution in [0.2, 0.25) is 0 Å². The molecule has 0 aliphatic carbocycles. The number of carbonyl (C=O) groups is 1. The number of hydrogen-bond donors (Lipinski definition) is 1. The molecule has 2 rings (SSSR count). The standard InChI is InChI=1S/C7H6O.C5H4O2S/c1-2-4-7-5-3-6-8-7;6-5(7)4-2-1-3-8-4/h1,3,5-6H,4H2;1-3H,(H,6,7). The van der Waals surface area contributed by atoms with E-state index in [0.717, 1.165) is 5.76 Å². The molecule has 0 spiro atoms. The van der Waals surface area contributed by atoms with Gasteiger partial charge in [-0.2, -0.15) is 0 Å². The van der Waals surface area contributed by atoms with E-state index in [-0.39, 0.29) is 0 Å². The van der Waals surface area contributed by atoms with Crippen LogP contribution in [0.1, 0.15) is 15.4 Å². The van der Waals surface area contributed by atoms with Crippen LogP contribution >= 0.6 is 11.3 Å². The van der Waals surface area contributed by atoms with Crippen LogP contribution in [0.4, 0.5) is 0 Å². The van der Waals surface area contributed by atoms with Crippen molar-refractivity contribution in [3.63, 3.8) is 0 Å². The Morgan fingerprint density at radius 1 is 1.50 bits per heavy atom. The molecule has 2 aromatic heterocycles. The van der Waals surface area contributed by atoms with Crippen LogP contribution in [-0.4, -0.2) is 11.1 Å². The van der Waals surface area contributed by atoms with Crippen molar-refractivity contribution in [2.45, 2.75) is 6.42 Å². The first kappa shape index (κ1) is 12.1. The highest BCUT2D eigenvalue weighted by Gasteiger charge is 1.99. The second-order valence-electron chi connectivity index (χ2n) is 2.74. The SMILES string of the molecule is C#CCc1ccco1.O=C(O)c1cccs1. The Balaban J connectivity index is 0.000000160. The Hall–Kier alpha value is -1.99. The zero-order chi connectivity index (χ0) is 11.8. The minimum Gasteiger partial charge on any atom is -0.477 e. The summed E-state index contributed by atoms with van der Waals surface area (Å²) in [6.45, 7) is 0. The van der Waals surface area contributed by atoms with Crippen molar-refractivity contribution in [1.29, 1.82) is 0 Å². The molecule has 82 valence electrons. The van der Waals surface area contributed by atoms with Crippen LogP contribution in [0.25, 0.3) is 0 Å². The Bertz CT molecular complexity index is 449. The maximum absolute atomic E-state index is 10.1. The molecule has 0 bridgehead atoms. The minimum atomic E-state index is -0.847. The number of terminal acetylenes is 1. The normalized spacial score (nSPS) is 8.69. The fourth-order valence-corrected chi connectivity index (χ4v) is 1.48. The lowest BCUT2D eigenvalue weighted by Gasteiger charge is -1.79. The van der Waals surface area contributed by atoms with Gasteiger partial charge in [0.15, 0.2) is 0 Å². The summed E-state index contributed by atoms with van der Waals surface area (Å²) < 4.78 is 4.93. The van der Waals surface area contributed by atoms with Crippen molar-refractivity contribution in [2.75, 3.05) is 0 Å². The Morgan fingerprint density at radius 2 is 2.31 bits per heavy atom. The van der Waals surface area contributed by atoms with Gasteiger partial charge < -0.3 is 9.52 Å². The Labute approximate surface area is 97.3 Å².